The lowest BCUT2D eigenvalue weighted by atomic mass is 10.1. The summed E-state index contributed by atoms with van der Waals surface area (Å²) < 4.78 is 23.3. The van der Waals surface area contributed by atoms with Crippen LogP contribution in [0.4, 0.5) is 0 Å². The Labute approximate surface area is 154 Å². The van der Waals surface area contributed by atoms with Gasteiger partial charge < -0.3 is 18.6 Å². The quantitative estimate of drug-likeness (QED) is 0.816. The van der Waals surface area contributed by atoms with Crippen molar-refractivity contribution in [2.24, 2.45) is 0 Å². The molecule has 1 saturated heterocycles. The molecule has 3 heterocycles. The van der Waals surface area contributed by atoms with Gasteiger partial charge in [-0.2, -0.15) is 0 Å². The number of furan rings is 1. The molecule has 1 fully saturated rings. The monoisotopic (exact) mass is 357 g/mol. The fraction of sp³-hybridized carbons (Fsp3) is 0.524. The summed E-state index contributed by atoms with van der Waals surface area (Å²) in [5.74, 6) is 3.65. The molecule has 5 nitrogen and oxygen atoms in total. The summed E-state index contributed by atoms with van der Waals surface area (Å²) in [6.07, 6.45) is 4.54. The van der Waals surface area contributed by atoms with Crippen LogP contribution in [0.2, 0.25) is 0 Å². The highest BCUT2D eigenvalue weighted by Crippen LogP contribution is 2.34. The Kier molecular flexibility index (Phi) is 5.46. The van der Waals surface area contributed by atoms with Crippen LogP contribution in [-0.2, 0) is 17.8 Å². The molecule has 2 aliphatic heterocycles. The first kappa shape index (κ1) is 17.4. The molecule has 26 heavy (non-hydrogen) atoms. The van der Waals surface area contributed by atoms with Crippen molar-refractivity contribution in [2.75, 3.05) is 26.9 Å². The second-order valence-electron chi connectivity index (χ2n) is 7.02. The summed E-state index contributed by atoms with van der Waals surface area (Å²) in [5.41, 5.74) is 1.16. The number of para-hydroxylation sites is 1. The van der Waals surface area contributed by atoms with E-state index in [1.807, 2.05) is 12.1 Å². The summed E-state index contributed by atoms with van der Waals surface area (Å²) in [6, 6.07) is 10.3. The molecular formula is C21H27NO4. The number of fused-ring (bicyclic) bond motifs is 1. The zero-order valence-electron chi connectivity index (χ0n) is 15.4. The molecule has 1 aromatic carbocycles. The molecule has 0 N–H and O–H groups in total. The van der Waals surface area contributed by atoms with Crippen LogP contribution in [0.3, 0.4) is 0 Å². The first-order chi connectivity index (χ1) is 12.8. The van der Waals surface area contributed by atoms with Crippen LogP contribution in [0.15, 0.2) is 34.7 Å². The van der Waals surface area contributed by atoms with E-state index in [4.69, 9.17) is 18.6 Å². The zero-order valence-corrected chi connectivity index (χ0v) is 15.4. The number of methoxy groups -OCH3 is 1. The topological polar surface area (TPSA) is 44.1 Å². The number of ether oxygens (including phenoxy) is 3. The van der Waals surface area contributed by atoms with Crippen LogP contribution in [0.25, 0.3) is 0 Å². The number of nitrogens with zero attached hydrogens (tertiary/aromatic N) is 1. The Balaban J connectivity index is 1.47. The molecule has 140 valence electrons. The minimum atomic E-state index is 0.128. The summed E-state index contributed by atoms with van der Waals surface area (Å²) in [6.45, 7) is 4.13. The number of benzene rings is 1. The van der Waals surface area contributed by atoms with Gasteiger partial charge in [-0.25, -0.2) is 0 Å². The predicted molar refractivity (Wildman–Crippen MR) is 98.5 cm³/mol. The summed E-state index contributed by atoms with van der Waals surface area (Å²) >= 11 is 0. The minimum Gasteiger partial charge on any atom is -0.493 e. The van der Waals surface area contributed by atoms with Crippen molar-refractivity contribution < 1.29 is 18.6 Å². The molecule has 0 amide bonds. The first-order valence-electron chi connectivity index (χ1n) is 9.55. The first-order valence-corrected chi connectivity index (χ1v) is 9.55. The van der Waals surface area contributed by atoms with Gasteiger partial charge >= 0.3 is 0 Å². The van der Waals surface area contributed by atoms with E-state index in [0.29, 0.717) is 6.61 Å². The fourth-order valence-electron chi connectivity index (χ4n) is 3.77. The highest BCUT2D eigenvalue weighted by atomic mass is 16.5. The van der Waals surface area contributed by atoms with E-state index in [-0.39, 0.29) is 6.10 Å². The maximum absolute atomic E-state index is 6.11. The highest BCUT2D eigenvalue weighted by molar-refractivity contribution is 5.46. The Morgan fingerprint density at radius 1 is 1.12 bits per heavy atom. The van der Waals surface area contributed by atoms with E-state index in [0.717, 1.165) is 74.1 Å². The lowest BCUT2D eigenvalue weighted by Gasteiger charge is -2.26. The van der Waals surface area contributed by atoms with Crippen molar-refractivity contribution in [1.82, 2.24) is 4.90 Å². The van der Waals surface area contributed by atoms with Gasteiger partial charge in [0.05, 0.1) is 20.3 Å². The van der Waals surface area contributed by atoms with Crippen molar-refractivity contribution in [1.29, 1.82) is 0 Å². The van der Waals surface area contributed by atoms with E-state index in [9.17, 15) is 0 Å². The van der Waals surface area contributed by atoms with Gasteiger partial charge in [-0.15, -0.1) is 0 Å². The smallest absolute Gasteiger partial charge is 0.165 e. The van der Waals surface area contributed by atoms with Gasteiger partial charge in [0.15, 0.2) is 11.5 Å². The minimum absolute atomic E-state index is 0.128. The van der Waals surface area contributed by atoms with Crippen LogP contribution < -0.4 is 9.47 Å². The van der Waals surface area contributed by atoms with Gasteiger partial charge in [0.1, 0.15) is 17.6 Å². The van der Waals surface area contributed by atoms with Gasteiger partial charge in [0.2, 0.25) is 0 Å². The molecular weight excluding hydrogens is 330 g/mol. The van der Waals surface area contributed by atoms with Crippen molar-refractivity contribution in [3.05, 3.63) is 47.4 Å². The van der Waals surface area contributed by atoms with Gasteiger partial charge in [-0.3, -0.25) is 4.90 Å². The molecule has 4 rings (SSSR count). The zero-order chi connectivity index (χ0) is 17.8. The normalized spacial score (nSPS) is 21.3. The van der Waals surface area contributed by atoms with Gasteiger partial charge in [-0.1, -0.05) is 12.1 Å². The average molecular weight is 357 g/mol. The molecule has 2 aliphatic rings. The third-order valence-corrected chi connectivity index (χ3v) is 5.10. The molecule has 0 spiro atoms. The Bertz CT molecular complexity index is 721. The maximum atomic E-state index is 6.11. The molecule has 1 aromatic heterocycles. The van der Waals surface area contributed by atoms with Gasteiger partial charge in [0.25, 0.3) is 0 Å². The van der Waals surface area contributed by atoms with Crippen LogP contribution >= 0.6 is 0 Å². The van der Waals surface area contributed by atoms with Crippen LogP contribution in [0, 0.1) is 0 Å². The van der Waals surface area contributed by atoms with Crippen molar-refractivity contribution in [3.63, 3.8) is 0 Å². The molecule has 0 unspecified atom stereocenters. The summed E-state index contributed by atoms with van der Waals surface area (Å²) in [7, 11) is 1.69. The Hall–Kier alpha value is -1.98. The lowest BCUT2D eigenvalue weighted by Crippen LogP contribution is -2.27. The molecule has 1 atom stereocenters. The van der Waals surface area contributed by atoms with E-state index in [2.05, 4.69) is 23.1 Å². The molecule has 5 heteroatoms. The Morgan fingerprint density at radius 2 is 2.08 bits per heavy atom. The average Bonchev–Trinajstić information content (AvgIpc) is 3.13. The van der Waals surface area contributed by atoms with E-state index in [1.165, 1.54) is 6.42 Å². The highest BCUT2D eigenvalue weighted by Gasteiger charge is 2.21. The lowest BCUT2D eigenvalue weighted by molar-refractivity contribution is 0.000784. The maximum Gasteiger partial charge on any atom is 0.165 e. The van der Waals surface area contributed by atoms with E-state index < -0.39 is 0 Å². The molecule has 0 aliphatic carbocycles. The van der Waals surface area contributed by atoms with Crippen molar-refractivity contribution in [3.8, 4) is 11.5 Å². The second kappa shape index (κ2) is 8.14. The standard InChI is InChI=1S/C21H27NO4/c1-23-20-8-4-6-16-14-22(11-5-13-25-21(16)20)15-17-9-10-19(26-17)18-7-2-3-12-24-18/h4,6,8-10,18H,2-3,5,7,11-15H2,1H3/t18-/m0/s1. The molecule has 2 aromatic rings. The molecule has 0 saturated carbocycles. The van der Waals surface area contributed by atoms with Crippen LogP contribution in [-0.4, -0.2) is 31.8 Å². The van der Waals surface area contributed by atoms with Crippen LogP contribution in [0.5, 0.6) is 11.5 Å². The largest absolute Gasteiger partial charge is 0.493 e. The fourth-order valence-corrected chi connectivity index (χ4v) is 3.77. The summed E-state index contributed by atoms with van der Waals surface area (Å²) in [4.78, 5) is 2.41. The van der Waals surface area contributed by atoms with Gasteiger partial charge in [0, 0.05) is 25.3 Å². The third kappa shape index (κ3) is 3.89. The number of hydrogen-bond donors (Lipinski definition) is 0. The molecule has 0 bridgehead atoms. The SMILES string of the molecule is COc1cccc2c1OCCCN(Cc1ccc([C@@H]3CCCCO3)o1)C2. The van der Waals surface area contributed by atoms with E-state index >= 15 is 0 Å². The van der Waals surface area contributed by atoms with Gasteiger partial charge in [-0.05, 0) is 43.9 Å². The van der Waals surface area contributed by atoms with Crippen molar-refractivity contribution >= 4 is 0 Å². The predicted octanol–water partition coefficient (Wildman–Crippen LogP) is 4.31. The van der Waals surface area contributed by atoms with E-state index in [1.54, 1.807) is 7.11 Å². The third-order valence-electron chi connectivity index (χ3n) is 5.10. The summed E-state index contributed by atoms with van der Waals surface area (Å²) in [5, 5.41) is 0. The second-order valence-corrected chi connectivity index (χ2v) is 7.02. The number of hydrogen-bond acceptors (Lipinski definition) is 5. The Morgan fingerprint density at radius 3 is 2.92 bits per heavy atom. The molecule has 0 radical (unpaired) electrons. The number of rotatable bonds is 4. The van der Waals surface area contributed by atoms with Crippen molar-refractivity contribution in [2.45, 2.75) is 44.9 Å². The van der Waals surface area contributed by atoms with Crippen LogP contribution in [0.1, 0.15) is 48.9 Å².